The summed E-state index contributed by atoms with van der Waals surface area (Å²) < 4.78 is 63.9. The van der Waals surface area contributed by atoms with Crippen LogP contribution >= 0.6 is 0 Å². The van der Waals surface area contributed by atoms with Crippen molar-refractivity contribution in [2.45, 2.75) is 32.7 Å². The molecule has 0 spiro atoms. The SMILES string of the molecule is C=C(c1ccc(F)cc1F)c1ccc(=O)n(-c2c(F)cc(OCCCN[C@@H](CC(C)C)C(=C)O)cc2F)c1N. The molecule has 0 saturated heterocycles. The van der Waals surface area contributed by atoms with Crippen LogP contribution in [0.1, 0.15) is 37.8 Å². The summed E-state index contributed by atoms with van der Waals surface area (Å²) in [7, 11) is 0. The summed E-state index contributed by atoms with van der Waals surface area (Å²) in [6.45, 7) is 12.0. The quantitative estimate of drug-likeness (QED) is 0.150. The molecule has 0 amide bonds. The van der Waals surface area contributed by atoms with Crippen LogP contribution in [0, 0.1) is 29.2 Å². The van der Waals surface area contributed by atoms with Crippen molar-refractivity contribution in [1.29, 1.82) is 0 Å². The minimum absolute atomic E-state index is 0.00599. The Bertz CT molecular complexity index is 1410. The lowest BCUT2D eigenvalue weighted by Gasteiger charge is -2.19. The molecule has 0 fully saturated rings. The van der Waals surface area contributed by atoms with E-state index in [9.17, 15) is 18.7 Å². The number of aliphatic hydroxyl groups excluding tert-OH is 1. The standard InChI is InChI=1S/C29H31F4N3O3/c1-16(2)12-26(18(4)37)35-10-5-11-39-20-14-24(32)28(25(33)15-20)36-27(38)9-8-22(29(36)34)17(3)21-7-6-19(30)13-23(21)31/h6-9,13-16,26,35,37H,3-5,10-12,34H2,1-2H3/t26-/m0/s1. The molecular weight excluding hydrogens is 514 g/mol. The Hall–Kier alpha value is -4.05. The first-order chi connectivity index (χ1) is 18.4. The third-order valence-electron chi connectivity index (χ3n) is 6.02. The van der Waals surface area contributed by atoms with Gasteiger partial charge in [-0.2, -0.15) is 0 Å². The van der Waals surface area contributed by atoms with Crippen LogP contribution in [-0.2, 0) is 0 Å². The van der Waals surface area contributed by atoms with Gasteiger partial charge in [0.2, 0.25) is 0 Å². The minimum atomic E-state index is -1.11. The minimum Gasteiger partial charge on any atom is -0.511 e. The number of benzene rings is 2. The molecular formula is C29H31F4N3O3. The topological polar surface area (TPSA) is 89.5 Å². The van der Waals surface area contributed by atoms with Crippen molar-refractivity contribution in [2.75, 3.05) is 18.9 Å². The lowest BCUT2D eigenvalue weighted by Crippen LogP contribution is -2.33. The maximum atomic E-state index is 15.1. The second-order valence-corrected chi connectivity index (χ2v) is 9.47. The van der Waals surface area contributed by atoms with Crippen molar-refractivity contribution in [2.24, 2.45) is 5.92 Å². The molecule has 0 radical (unpaired) electrons. The average molecular weight is 546 g/mol. The number of nitrogen functional groups attached to an aromatic ring is 1. The number of hydrogen-bond donors (Lipinski definition) is 3. The van der Waals surface area contributed by atoms with Crippen molar-refractivity contribution in [3.05, 3.63) is 106 Å². The molecule has 3 aromatic rings. The van der Waals surface area contributed by atoms with E-state index in [1.807, 2.05) is 13.8 Å². The number of pyridine rings is 1. The zero-order valence-corrected chi connectivity index (χ0v) is 21.7. The highest BCUT2D eigenvalue weighted by Crippen LogP contribution is 2.31. The molecule has 0 aliphatic rings. The van der Waals surface area contributed by atoms with E-state index in [0.29, 0.717) is 35.9 Å². The molecule has 1 atom stereocenters. The number of aromatic nitrogens is 1. The number of rotatable bonds is 12. The van der Waals surface area contributed by atoms with Gasteiger partial charge in [0.05, 0.1) is 12.6 Å². The van der Waals surface area contributed by atoms with Gasteiger partial charge >= 0.3 is 0 Å². The van der Waals surface area contributed by atoms with Crippen molar-refractivity contribution < 1.29 is 27.4 Å². The fourth-order valence-corrected chi connectivity index (χ4v) is 4.11. The molecule has 4 N–H and O–H groups in total. The highest BCUT2D eigenvalue weighted by atomic mass is 19.1. The molecule has 1 heterocycles. The number of hydrogen-bond acceptors (Lipinski definition) is 5. The summed E-state index contributed by atoms with van der Waals surface area (Å²) >= 11 is 0. The first-order valence-electron chi connectivity index (χ1n) is 12.3. The van der Waals surface area contributed by atoms with Crippen LogP contribution in [0.5, 0.6) is 5.75 Å². The summed E-state index contributed by atoms with van der Waals surface area (Å²) in [5.41, 5.74) is 4.48. The van der Waals surface area contributed by atoms with Gasteiger partial charge in [0.15, 0.2) is 11.6 Å². The predicted octanol–water partition coefficient (Wildman–Crippen LogP) is 5.88. The van der Waals surface area contributed by atoms with Gasteiger partial charge in [0.25, 0.3) is 5.56 Å². The van der Waals surface area contributed by atoms with E-state index in [4.69, 9.17) is 10.5 Å². The number of nitrogens with zero attached hydrogens (tertiary/aromatic N) is 1. The Morgan fingerprint density at radius 1 is 1.03 bits per heavy atom. The molecule has 0 bridgehead atoms. The van der Waals surface area contributed by atoms with Crippen LogP contribution in [0.2, 0.25) is 0 Å². The predicted molar refractivity (Wildman–Crippen MR) is 144 cm³/mol. The van der Waals surface area contributed by atoms with Gasteiger partial charge in [-0.15, -0.1) is 0 Å². The van der Waals surface area contributed by atoms with Crippen LogP contribution in [-0.4, -0.2) is 28.9 Å². The molecule has 0 saturated carbocycles. The highest BCUT2D eigenvalue weighted by Gasteiger charge is 2.21. The third-order valence-corrected chi connectivity index (χ3v) is 6.02. The molecule has 0 aliphatic carbocycles. The van der Waals surface area contributed by atoms with E-state index >= 15 is 8.78 Å². The molecule has 39 heavy (non-hydrogen) atoms. The largest absolute Gasteiger partial charge is 0.511 e. The lowest BCUT2D eigenvalue weighted by molar-refractivity contribution is 0.285. The summed E-state index contributed by atoms with van der Waals surface area (Å²) in [4.78, 5) is 12.6. The molecule has 6 nitrogen and oxygen atoms in total. The van der Waals surface area contributed by atoms with Gasteiger partial charge in [0.1, 0.15) is 34.6 Å². The van der Waals surface area contributed by atoms with Gasteiger partial charge < -0.3 is 20.9 Å². The number of nitrogens with two attached hydrogens (primary N) is 1. The number of halogens is 4. The Morgan fingerprint density at radius 2 is 1.67 bits per heavy atom. The molecule has 10 heteroatoms. The van der Waals surface area contributed by atoms with Crippen molar-refractivity contribution >= 4 is 11.4 Å². The average Bonchev–Trinajstić information content (AvgIpc) is 2.84. The van der Waals surface area contributed by atoms with Crippen LogP contribution in [0.4, 0.5) is 23.4 Å². The van der Waals surface area contributed by atoms with Crippen LogP contribution in [0.25, 0.3) is 11.3 Å². The fraction of sp³-hybridized carbons (Fsp3) is 0.276. The Morgan fingerprint density at radius 3 is 2.26 bits per heavy atom. The summed E-state index contributed by atoms with van der Waals surface area (Å²) in [6, 6.07) is 6.68. The maximum Gasteiger partial charge on any atom is 0.256 e. The zero-order valence-electron chi connectivity index (χ0n) is 21.7. The smallest absolute Gasteiger partial charge is 0.256 e. The van der Waals surface area contributed by atoms with E-state index in [1.165, 1.54) is 6.07 Å². The monoisotopic (exact) mass is 545 g/mol. The Kier molecular flexibility index (Phi) is 9.58. The number of nitrogens with one attached hydrogen (secondary N) is 1. The second kappa shape index (κ2) is 12.7. The lowest BCUT2D eigenvalue weighted by atomic mass is 9.99. The van der Waals surface area contributed by atoms with Crippen molar-refractivity contribution in [3.63, 3.8) is 0 Å². The zero-order chi connectivity index (χ0) is 28.9. The van der Waals surface area contributed by atoms with Crippen LogP contribution in [0.3, 0.4) is 0 Å². The van der Waals surface area contributed by atoms with E-state index in [2.05, 4.69) is 18.5 Å². The molecule has 1 aromatic heterocycles. The van der Waals surface area contributed by atoms with Gasteiger partial charge in [-0.05, 0) is 49.1 Å². The van der Waals surface area contributed by atoms with Gasteiger partial charge in [-0.1, -0.05) is 27.0 Å². The molecule has 208 valence electrons. The summed E-state index contributed by atoms with van der Waals surface area (Å²) in [6.07, 6.45) is 1.17. The number of aliphatic hydroxyl groups is 1. The van der Waals surface area contributed by atoms with E-state index in [1.54, 1.807) is 0 Å². The first kappa shape index (κ1) is 29.5. The van der Waals surface area contributed by atoms with Gasteiger partial charge in [-0.3, -0.25) is 9.36 Å². The first-order valence-corrected chi connectivity index (χ1v) is 12.3. The normalized spacial score (nSPS) is 12.0. The summed E-state index contributed by atoms with van der Waals surface area (Å²) in [5, 5.41) is 12.9. The molecule has 0 aliphatic heterocycles. The second-order valence-electron chi connectivity index (χ2n) is 9.47. The Balaban J connectivity index is 1.79. The number of ether oxygens (including phenoxy) is 1. The van der Waals surface area contributed by atoms with Gasteiger partial charge in [0, 0.05) is 35.4 Å². The van der Waals surface area contributed by atoms with Crippen molar-refractivity contribution in [1.82, 2.24) is 9.88 Å². The maximum absolute atomic E-state index is 15.1. The van der Waals surface area contributed by atoms with E-state index in [-0.39, 0.29) is 46.7 Å². The van der Waals surface area contributed by atoms with Crippen LogP contribution in [0.15, 0.2) is 66.2 Å². The summed E-state index contributed by atoms with van der Waals surface area (Å²) in [5.74, 6) is -4.03. The van der Waals surface area contributed by atoms with E-state index in [0.717, 1.165) is 30.3 Å². The molecule has 0 unspecified atom stereocenters. The fourth-order valence-electron chi connectivity index (χ4n) is 4.11. The molecule has 3 rings (SSSR count). The van der Waals surface area contributed by atoms with Crippen LogP contribution < -0.4 is 21.3 Å². The molecule has 2 aromatic carbocycles. The van der Waals surface area contributed by atoms with E-state index < -0.39 is 34.5 Å². The number of anilines is 1. The van der Waals surface area contributed by atoms with Crippen molar-refractivity contribution in [3.8, 4) is 11.4 Å². The Labute approximate surface area is 224 Å². The third kappa shape index (κ3) is 7.08. The van der Waals surface area contributed by atoms with Gasteiger partial charge in [-0.25, -0.2) is 17.6 Å². The highest BCUT2D eigenvalue weighted by molar-refractivity contribution is 5.83.